The number of carbonyl (C=O) groups excluding carboxylic acids is 1. The van der Waals surface area contributed by atoms with Crippen molar-refractivity contribution in [3.05, 3.63) is 60.6 Å². The van der Waals surface area contributed by atoms with Gasteiger partial charge in [-0.1, -0.05) is 48.5 Å². The van der Waals surface area contributed by atoms with Crippen molar-refractivity contribution in [2.45, 2.75) is 84.2 Å². The van der Waals surface area contributed by atoms with Crippen LogP contribution in [0.4, 0.5) is 4.79 Å². The fourth-order valence-electron chi connectivity index (χ4n) is 4.90. The van der Waals surface area contributed by atoms with Gasteiger partial charge in [-0.2, -0.15) is 0 Å². The molecule has 1 aromatic heterocycles. The summed E-state index contributed by atoms with van der Waals surface area (Å²) in [5, 5.41) is 0. The van der Waals surface area contributed by atoms with Crippen molar-refractivity contribution >= 4 is 18.7 Å². The number of nitrogens with one attached hydrogen (secondary N) is 1. The summed E-state index contributed by atoms with van der Waals surface area (Å²) in [4.78, 5) is 22.5. The molecule has 1 amide bonds. The highest BCUT2D eigenvalue weighted by Gasteiger charge is 2.51. The topological polar surface area (TPSA) is 76.7 Å². The molecule has 3 aromatic rings. The van der Waals surface area contributed by atoms with Gasteiger partial charge in [0, 0.05) is 6.54 Å². The summed E-state index contributed by atoms with van der Waals surface area (Å²) in [6.45, 7) is 14.6. The number of amides is 1. The van der Waals surface area contributed by atoms with Crippen LogP contribution in [0.3, 0.4) is 0 Å². The average Bonchev–Trinajstić information content (AvgIpc) is 3.56. The molecule has 0 radical (unpaired) electrons. The lowest BCUT2D eigenvalue weighted by molar-refractivity contribution is 0.00578. The Balaban J connectivity index is 1.27. The first-order valence-corrected chi connectivity index (χ1v) is 13.4. The molecular formula is C30H38BN3O4. The largest absolute Gasteiger partial charge is 0.494 e. The molecule has 38 heavy (non-hydrogen) atoms. The molecule has 0 aliphatic carbocycles. The van der Waals surface area contributed by atoms with Gasteiger partial charge < -0.3 is 19.0 Å². The molecule has 5 rings (SSSR count). The maximum absolute atomic E-state index is 12.7. The van der Waals surface area contributed by atoms with Crippen molar-refractivity contribution in [2.24, 2.45) is 0 Å². The summed E-state index contributed by atoms with van der Waals surface area (Å²) >= 11 is 0. The van der Waals surface area contributed by atoms with E-state index in [2.05, 4.69) is 86.2 Å². The van der Waals surface area contributed by atoms with E-state index in [0.29, 0.717) is 6.54 Å². The summed E-state index contributed by atoms with van der Waals surface area (Å²) < 4.78 is 18.0. The highest BCUT2D eigenvalue weighted by Crippen LogP contribution is 2.37. The molecule has 0 spiro atoms. The molecule has 1 unspecified atom stereocenters. The average molecular weight is 515 g/mol. The van der Waals surface area contributed by atoms with Gasteiger partial charge in [0.15, 0.2) is 0 Å². The van der Waals surface area contributed by atoms with E-state index in [0.717, 1.165) is 46.5 Å². The molecular weight excluding hydrogens is 477 g/mol. The molecule has 2 aromatic carbocycles. The third-order valence-electron chi connectivity index (χ3n) is 7.76. The number of hydrogen-bond acceptors (Lipinski definition) is 5. The number of aromatic amines is 1. The Labute approximate surface area is 226 Å². The quantitative estimate of drug-likeness (QED) is 0.424. The Morgan fingerprint density at radius 2 is 1.53 bits per heavy atom. The number of benzene rings is 2. The van der Waals surface area contributed by atoms with Gasteiger partial charge in [0.25, 0.3) is 0 Å². The van der Waals surface area contributed by atoms with Crippen LogP contribution in [0.5, 0.6) is 0 Å². The molecule has 1 atom stereocenters. The first kappa shape index (κ1) is 26.5. The molecule has 2 aliphatic rings. The van der Waals surface area contributed by atoms with E-state index in [9.17, 15) is 4.79 Å². The number of nitrogens with zero attached hydrogens (tertiary/aromatic N) is 2. The Bertz CT molecular complexity index is 1280. The zero-order valence-corrected chi connectivity index (χ0v) is 23.5. The van der Waals surface area contributed by atoms with Gasteiger partial charge in [-0.05, 0) is 83.5 Å². The molecule has 0 saturated carbocycles. The van der Waals surface area contributed by atoms with Gasteiger partial charge in [0.2, 0.25) is 0 Å². The first-order chi connectivity index (χ1) is 17.8. The lowest BCUT2D eigenvalue weighted by Gasteiger charge is -2.32. The van der Waals surface area contributed by atoms with Crippen molar-refractivity contribution < 1.29 is 18.8 Å². The second kappa shape index (κ2) is 9.58. The van der Waals surface area contributed by atoms with Crippen LogP contribution in [0.25, 0.3) is 22.4 Å². The number of hydrogen-bond donors (Lipinski definition) is 1. The minimum absolute atomic E-state index is 0.0969. The third kappa shape index (κ3) is 5.25. The van der Waals surface area contributed by atoms with Gasteiger partial charge >= 0.3 is 13.2 Å². The Hall–Kier alpha value is -3.10. The minimum Gasteiger partial charge on any atom is -0.444 e. The van der Waals surface area contributed by atoms with Crippen molar-refractivity contribution in [1.29, 1.82) is 0 Å². The second-order valence-corrected chi connectivity index (χ2v) is 12.3. The lowest BCUT2D eigenvalue weighted by atomic mass is 9.78. The van der Waals surface area contributed by atoms with Gasteiger partial charge in [0.05, 0.1) is 29.1 Å². The number of rotatable bonds is 4. The van der Waals surface area contributed by atoms with E-state index in [1.165, 1.54) is 0 Å². The van der Waals surface area contributed by atoms with E-state index >= 15 is 0 Å². The summed E-state index contributed by atoms with van der Waals surface area (Å²) in [7, 11) is -0.364. The van der Waals surface area contributed by atoms with Crippen LogP contribution >= 0.6 is 0 Å². The van der Waals surface area contributed by atoms with Gasteiger partial charge in [-0.15, -0.1) is 0 Å². The standard InChI is InChI=1S/C30H38BN3O4/c1-28(2,3)36-27(35)34-18-8-9-25(34)26-32-19-24(33-26)22-12-10-20(11-13-22)21-14-16-23(17-15-21)31-37-29(4,5)30(6,7)38-31/h10-17,19,25H,8-9,18H2,1-7H3,(H,32,33). The SMILES string of the molecule is CC(C)(C)OC(=O)N1CCCC1c1ncc(-c2ccc(-c3ccc(B4OC(C)(C)C(C)(C)O4)cc3)cc2)[nH]1. The summed E-state index contributed by atoms with van der Waals surface area (Å²) in [6.07, 6.45) is 3.36. The minimum atomic E-state index is -0.521. The predicted octanol–water partition coefficient (Wildman–Crippen LogP) is 6.11. The summed E-state index contributed by atoms with van der Waals surface area (Å²) in [5.41, 5.74) is 4.01. The molecule has 0 bridgehead atoms. The third-order valence-corrected chi connectivity index (χ3v) is 7.76. The predicted molar refractivity (Wildman–Crippen MR) is 150 cm³/mol. The normalized spacial score (nSPS) is 20.7. The zero-order valence-electron chi connectivity index (χ0n) is 23.5. The molecule has 2 saturated heterocycles. The Kier molecular flexibility index (Phi) is 6.68. The molecule has 7 nitrogen and oxygen atoms in total. The fraction of sp³-hybridized carbons (Fsp3) is 0.467. The summed E-state index contributed by atoms with van der Waals surface area (Å²) in [6, 6.07) is 16.7. The van der Waals surface area contributed by atoms with Crippen LogP contribution in [0, 0.1) is 0 Å². The van der Waals surface area contributed by atoms with Gasteiger partial charge in [0.1, 0.15) is 11.4 Å². The number of imidazole rings is 1. The van der Waals surface area contributed by atoms with Crippen LogP contribution in [0.15, 0.2) is 54.7 Å². The van der Waals surface area contributed by atoms with E-state index < -0.39 is 5.60 Å². The van der Waals surface area contributed by atoms with Crippen LogP contribution < -0.4 is 5.46 Å². The van der Waals surface area contributed by atoms with Crippen molar-refractivity contribution in [1.82, 2.24) is 14.9 Å². The van der Waals surface area contributed by atoms with Crippen LogP contribution in [0.1, 0.15) is 73.2 Å². The lowest BCUT2D eigenvalue weighted by Crippen LogP contribution is -2.41. The zero-order chi connectivity index (χ0) is 27.3. The highest BCUT2D eigenvalue weighted by atomic mass is 16.7. The van der Waals surface area contributed by atoms with E-state index in [4.69, 9.17) is 14.0 Å². The molecule has 2 aliphatic heterocycles. The van der Waals surface area contributed by atoms with Crippen molar-refractivity contribution in [3.8, 4) is 22.4 Å². The second-order valence-electron chi connectivity index (χ2n) is 12.3. The van der Waals surface area contributed by atoms with Gasteiger partial charge in [-0.25, -0.2) is 9.78 Å². The van der Waals surface area contributed by atoms with Crippen molar-refractivity contribution in [2.75, 3.05) is 6.54 Å². The van der Waals surface area contributed by atoms with Crippen molar-refractivity contribution in [3.63, 3.8) is 0 Å². The first-order valence-electron chi connectivity index (χ1n) is 13.4. The van der Waals surface area contributed by atoms with E-state index in [1.54, 1.807) is 4.90 Å². The smallest absolute Gasteiger partial charge is 0.444 e. The monoisotopic (exact) mass is 515 g/mol. The molecule has 200 valence electrons. The molecule has 2 fully saturated rings. The molecule has 8 heteroatoms. The fourth-order valence-corrected chi connectivity index (χ4v) is 4.90. The number of ether oxygens (including phenoxy) is 1. The number of aromatic nitrogens is 2. The Morgan fingerprint density at radius 1 is 0.974 bits per heavy atom. The highest BCUT2D eigenvalue weighted by molar-refractivity contribution is 6.62. The van der Waals surface area contributed by atoms with E-state index in [1.807, 2.05) is 27.0 Å². The van der Waals surface area contributed by atoms with Crippen LogP contribution in [0.2, 0.25) is 0 Å². The maximum Gasteiger partial charge on any atom is 0.494 e. The maximum atomic E-state index is 12.7. The molecule has 3 heterocycles. The van der Waals surface area contributed by atoms with E-state index in [-0.39, 0.29) is 30.5 Å². The van der Waals surface area contributed by atoms with Crippen LogP contribution in [-0.2, 0) is 14.0 Å². The van der Waals surface area contributed by atoms with Crippen LogP contribution in [-0.4, -0.2) is 51.4 Å². The number of carbonyl (C=O) groups is 1. The summed E-state index contributed by atoms with van der Waals surface area (Å²) in [5.74, 6) is 0.797. The van der Waals surface area contributed by atoms with Gasteiger partial charge in [-0.3, -0.25) is 4.90 Å². The Morgan fingerprint density at radius 3 is 2.11 bits per heavy atom. The number of likely N-dealkylation sites (tertiary alicyclic amines) is 1. The molecule has 1 N–H and O–H groups in total. The number of H-pyrrole nitrogens is 1.